The van der Waals surface area contributed by atoms with Crippen molar-refractivity contribution in [3.63, 3.8) is 0 Å². The van der Waals surface area contributed by atoms with E-state index in [1.165, 1.54) is 16.8 Å². The molecule has 0 saturated carbocycles. The van der Waals surface area contributed by atoms with E-state index in [1.807, 2.05) is 7.05 Å². The molecule has 4 heteroatoms. The van der Waals surface area contributed by atoms with Crippen molar-refractivity contribution in [1.29, 1.82) is 0 Å². The van der Waals surface area contributed by atoms with Crippen molar-refractivity contribution in [3.8, 4) is 0 Å². The Labute approximate surface area is 121 Å². The molecule has 2 aromatic rings. The fourth-order valence-corrected chi connectivity index (χ4v) is 2.98. The van der Waals surface area contributed by atoms with Gasteiger partial charge in [-0.2, -0.15) is 11.3 Å². The second-order valence-corrected chi connectivity index (χ2v) is 5.99. The van der Waals surface area contributed by atoms with Crippen molar-refractivity contribution in [2.75, 3.05) is 19.0 Å². The molecule has 96 valence electrons. The van der Waals surface area contributed by atoms with E-state index in [4.69, 9.17) is 0 Å². The lowest BCUT2D eigenvalue weighted by Gasteiger charge is -2.22. The van der Waals surface area contributed by atoms with Crippen molar-refractivity contribution < 1.29 is 0 Å². The molecule has 2 nitrogen and oxygen atoms in total. The topological polar surface area (TPSA) is 15.3 Å². The van der Waals surface area contributed by atoms with Gasteiger partial charge >= 0.3 is 0 Å². The van der Waals surface area contributed by atoms with Crippen LogP contribution >= 0.6 is 27.3 Å². The average Bonchev–Trinajstić information content (AvgIpc) is 2.84. The second kappa shape index (κ2) is 6.36. The summed E-state index contributed by atoms with van der Waals surface area (Å²) < 4.78 is 1.12. The molecular formula is C14H17BrN2S. The molecule has 0 spiro atoms. The van der Waals surface area contributed by atoms with E-state index < -0.39 is 0 Å². The molecule has 0 saturated heterocycles. The lowest BCUT2D eigenvalue weighted by molar-refractivity contribution is 0.805. The minimum atomic E-state index is 0.886. The van der Waals surface area contributed by atoms with Gasteiger partial charge in [0.2, 0.25) is 0 Å². The first-order valence-electron chi connectivity index (χ1n) is 5.86. The molecule has 0 amide bonds. The lowest BCUT2D eigenvalue weighted by atomic mass is 10.1. The second-order valence-electron chi connectivity index (χ2n) is 4.29. The van der Waals surface area contributed by atoms with Crippen molar-refractivity contribution in [2.24, 2.45) is 0 Å². The Morgan fingerprint density at radius 3 is 2.83 bits per heavy atom. The Morgan fingerprint density at radius 1 is 1.33 bits per heavy atom. The number of nitrogens with one attached hydrogen (secondary N) is 1. The third-order valence-electron chi connectivity index (χ3n) is 2.83. The monoisotopic (exact) mass is 324 g/mol. The summed E-state index contributed by atoms with van der Waals surface area (Å²) in [6.45, 7) is 1.83. The van der Waals surface area contributed by atoms with E-state index in [1.54, 1.807) is 11.3 Å². The molecule has 0 bridgehead atoms. The van der Waals surface area contributed by atoms with Gasteiger partial charge in [0, 0.05) is 30.3 Å². The van der Waals surface area contributed by atoms with E-state index in [0.717, 1.165) is 17.6 Å². The van der Waals surface area contributed by atoms with Gasteiger partial charge in [-0.1, -0.05) is 22.0 Å². The number of hydrogen-bond donors (Lipinski definition) is 1. The number of thiophene rings is 1. The molecule has 18 heavy (non-hydrogen) atoms. The Bertz CT molecular complexity index is 497. The minimum Gasteiger partial charge on any atom is -0.370 e. The molecule has 1 N–H and O–H groups in total. The van der Waals surface area contributed by atoms with Gasteiger partial charge in [0.1, 0.15) is 0 Å². The molecule has 0 radical (unpaired) electrons. The van der Waals surface area contributed by atoms with Gasteiger partial charge in [-0.15, -0.1) is 0 Å². The van der Waals surface area contributed by atoms with Crippen LogP contribution in [0.2, 0.25) is 0 Å². The van der Waals surface area contributed by atoms with Crippen LogP contribution in [0.25, 0.3) is 0 Å². The third-order valence-corrected chi connectivity index (χ3v) is 4.05. The summed E-state index contributed by atoms with van der Waals surface area (Å²) in [6, 6.07) is 8.62. The van der Waals surface area contributed by atoms with Gasteiger partial charge in [-0.3, -0.25) is 0 Å². The number of benzene rings is 1. The molecule has 0 atom stereocenters. The third kappa shape index (κ3) is 3.34. The number of anilines is 1. The zero-order valence-electron chi connectivity index (χ0n) is 10.6. The number of rotatable bonds is 5. The highest BCUT2D eigenvalue weighted by atomic mass is 79.9. The molecule has 0 aliphatic heterocycles. The van der Waals surface area contributed by atoms with Gasteiger partial charge in [-0.05, 0) is 47.1 Å². The van der Waals surface area contributed by atoms with Crippen LogP contribution < -0.4 is 10.2 Å². The smallest absolute Gasteiger partial charge is 0.0434 e. The molecule has 0 aliphatic carbocycles. The summed E-state index contributed by atoms with van der Waals surface area (Å²) in [5.41, 5.74) is 3.95. The Morgan fingerprint density at radius 2 is 2.17 bits per heavy atom. The maximum atomic E-state index is 3.55. The van der Waals surface area contributed by atoms with Crippen molar-refractivity contribution in [2.45, 2.75) is 13.1 Å². The molecule has 2 rings (SSSR count). The predicted octanol–water partition coefficient (Wildman–Crippen LogP) is 3.87. The van der Waals surface area contributed by atoms with E-state index >= 15 is 0 Å². The van der Waals surface area contributed by atoms with Crippen LogP contribution in [0.5, 0.6) is 0 Å². The van der Waals surface area contributed by atoms with Crippen molar-refractivity contribution in [3.05, 3.63) is 50.6 Å². The standard InChI is InChI=1S/C14H17BrN2S/c1-16-8-12-3-4-13(15)7-14(12)17(2)9-11-5-6-18-10-11/h3-7,10,16H,8-9H2,1-2H3. The maximum Gasteiger partial charge on any atom is 0.0434 e. The first kappa shape index (κ1) is 13.6. The molecule has 1 aromatic carbocycles. The minimum absolute atomic E-state index is 0.886. The van der Waals surface area contributed by atoms with Crippen LogP contribution in [0.3, 0.4) is 0 Å². The van der Waals surface area contributed by atoms with Crippen LogP contribution in [-0.2, 0) is 13.1 Å². The van der Waals surface area contributed by atoms with Gasteiger partial charge in [-0.25, -0.2) is 0 Å². The van der Waals surface area contributed by atoms with Crippen molar-refractivity contribution in [1.82, 2.24) is 5.32 Å². The summed E-state index contributed by atoms with van der Waals surface area (Å²) in [4.78, 5) is 2.29. The molecule has 0 unspecified atom stereocenters. The fourth-order valence-electron chi connectivity index (χ4n) is 1.97. The number of nitrogens with zero attached hydrogens (tertiary/aromatic N) is 1. The Hall–Kier alpha value is -0.840. The summed E-state index contributed by atoms with van der Waals surface area (Å²) in [5, 5.41) is 7.54. The molecule has 1 aromatic heterocycles. The van der Waals surface area contributed by atoms with Gasteiger partial charge in [0.05, 0.1) is 0 Å². The highest BCUT2D eigenvalue weighted by Gasteiger charge is 2.08. The average molecular weight is 325 g/mol. The number of hydrogen-bond acceptors (Lipinski definition) is 3. The van der Waals surface area contributed by atoms with Crippen molar-refractivity contribution >= 4 is 33.0 Å². The molecular weight excluding hydrogens is 308 g/mol. The fraction of sp³-hybridized carbons (Fsp3) is 0.286. The largest absolute Gasteiger partial charge is 0.370 e. The van der Waals surface area contributed by atoms with Crippen LogP contribution in [0.4, 0.5) is 5.69 Å². The van der Waals surface area contributed by atoms with Gasteiger partial charge in [0.25, 0.3) is 0 Å². The van der Waals surface area contributed by atoms with E-state index in [9.17, 15) is 0 Å². The first-order valence-corrected chi connectivity index (χ1v) is 7.59. The Balaban J connectivity index is 2.22. The lowest BCUT2D eigenvalue weighted by Crippen LogP contribution is -2.19. The van der Waals surface area contributed by atoms with Crippen LogP contribution in [-0.4, -0.2) is 14.1 Å². The van der Waals surface area contributed by atoms with Crippen LogP contribution in [0, 0.1) is 0 Å². The van der Waals surface area contributed by atoms with Crippen LogP contribution in [0.1, 0.15) is 11.1 Å². The highest BCUT2D eigenvalue weighted by molar-refractivity contribution is 9.10. The normalized spacial score (nSPS) is 10.6. The van der Waals surface area contributed by atoms with Crippen LogP contribution in [0.15, 0.2) is 39.5 Å². The van der Waals surface area contributed by atoms with Gasteiger partial charge < -0.3 is 10.2 Å². The number of halogens is 1. The highest BCUT2D eigenvalue weighted by Crippen LogP contribution is 2.26. The van der Waals surface area contributed by atoms with E-state index in [2.05, 4.69) is 68.2 Å². The van der Waals surface area contributed by atoms with E-state index in [0.29, 0.717) is 0 Å². The zero-order valence-corrected chi connectivity index (χ0v) is 13.0. The molecule has 0 aliphatic rings. The predicted molar refractivity (Wildman–Crippen MR) is 83.3 cm³/mol. The maximum absolute atomic E-state index is 3.55. The molecule has 1 heterocycles. The summed E-state index contributed by atoms with van der Waals surface area (Å²) in [7, 11) is 4.11. The zero-order chi connectivity index (χ0) is 13.0. The SMILES string of the molecule is CNCc1ccc(Br)cc1N(C)Cc1ccsc1. The summed E-state index contributed by atoms with van der Waals surface area (Å²) in [6.07, 6.45) is 0. The van der Waals surface area contributed by atoms with Gasteiger partial charge in [0.15, 0.2) is 0 Å². The first-order chi connectivity index (χ1) is 8.70. The Kier molecular flexibility index (Phi) is 4.80. The molecule has 0 fully saturated rings. The summed E-state index contributed by atoms with van der Waals surface area (Å²) in [5.74, 6) is 0. The summed E-state index contributed by atoms with van der Waals surface area (Å²) >= 11 is 5.29. The quantitative estimate of drug-likeness (QED) is 0.898. The van der Waals surface area contributed by atoms with E-state index in [-0.39, 0.29) is 0 Å².